The zero-order chi connectivity index (χ0) is 8.97. The van der Waals surface area contributed by atoms with Crippen LogP contribution in [0.2, 0.25) is 0 Å². The van der Waals surface area contributed by atoms with Crippen LogP contribution < -0.4 is 5.32 Å². The summed E-state index contributed by atoms with van der Waals surface area (Å²) in [6.07, 6.45) is -0.990. The van der Waals surface area contributed by atoms with E-state index in [2.05, 4.69) is 5.32 Å². The summed E-state index contributed by atoms with van der Waals surface area (Å²) in [6.45, 7) is 2.37. The van der Waals surface area contributed by atoms with E-state index >= 15 is 0 Å². The molecule has 0 atom stereocenters. The lowest BCUT2D eigenvalue weighted by Crippen LogP contribution is -2.19. The maximum atomic E-state index is 10.1. The topological polar surface area (TPSA) is 49.3 Å². The number of nitrogens with one attached hydrogen (secondary N) is 1. The maximum Gasteiger partial charge on any atom is 0.404 e. The van der Waals surface area contributed by atoms with Gasteiger partial charge in [0.05, 0.1) is 0 Å². The summed E-state index contributed by atoms with van der Waals surface area (Å²) in [7, 11) is 0. The van der Waals surface area contributed by atoms with Crippen molar-refractivity contribution in [3.63, 3.8) is 0 Å². The molecule has 0 aliphatic heterocycles. The number of carboxylic acid groups (broad SMARTS) is 1. The molecule has 12 heavy (non-hydrogen) atoms. The number of carbonyl (C=O) groups is 1. The Morgan fingerprint density at radius 2 is 2.08 bits per heavy atom. The highest BCUT2D eigenvalue weighted by Crippen LogP contribution is 2.01. The summed E-state index contributed by atoms with van der Waals surface area (Å²) in [4.78, 5) is 10.1. The van der Waals surface area contributed by atoms with Crippen molar-refractivity contribution in [2.75, 3.05) is 0 Å². The van der Waals surface area contributed by atoms with Gasteiger partial charge < -0.3 is 10.4 Å². The fraction of sp³-hybridized carbons (Fsp3) is 0.222. The van der Waals surface area contributed by atoms with Gasteiger partial charge in [0.25, 0.3) is 0 Å². The van der Waals surface area contributed by atoms with Crippen LogP contribution in [0.4, 0.5) is 4.79 Å². The molecule has 66 valence electrons. The van der Waals surface area contributed by atoms with Gasteiger partial charge >= 0.3 is 6.09 Å². The van der Waals surface area contributed by atoms with Crippen LogP contribution in [0.3, 0.4) is 0 Å². The zero-order valence-corrected chi connectivity index (χ0v) is 6.87. The molecule has 0 radical (unpaired) electrons. The van der Waals surface area contributed by atoms with Gasteiger partial charge in [0.15, 0.2) is 0 Å². The largest absolute Gasteiger partial charge is 0.465 e. The number of amides is 1. The van der Waals surface area contributed by atoms with Crippen molar-refractivity contribution < 1.29 is 11.3 Å². The molecule has 0 unspecified atom stereocenters. The van der Waals surface area contributed by atoms with E-state index in [0.29, 0.717) is 6.54 Å². The average Bonchev–Trinajstić information content (AvgIpc) is 2.03. The van der Waals surface area contributed by atoms with Gasteiger partial charge in [-0.25, -0.2) is 4.79 Å². The molecule has 0 saturated heterocycles. The lowest BCUT2D eigenvalue weighted by atomic mass is 10.1. The zero-order valence-electron chi connectivity index (χ0n) is 6.87. The number of hydrogen-bond donors (Lipinski definition) is 2. The Morgan fingerprint density at radius 1 is 1.50 bits per heavy atom. The second-order valence-corrected chi connectivity index (χ2v) is 2.64. The Labute approximate surface area is 72.5 Å². The first kappa shape index (κ1) is 8.59. The smallest absolute Gasteiger partial charge is 0.404 e. The number of benzene rings is 1. The average molecular weight is 167 g/mol. The minimum atomic E-state index is -0.990. The van der Waals surface area contributed by atoms with Crippen LogP contribution in [0.1, 0.15) is 12.6 Å². The van der Waals surface area contributed by atoms with Crippen LogP contribution >= 0.6 is 0 Å². The molecule has 0 aliphatic carbocycles. The van der Waals surface area contributed by atoms with Gasteiger partial charge in [-0.15, -0.1) is 0 Å². The molecular formula is C9H13NO2. The van der Waals surface area contributed by atoms with Gasteiger partial charge in [-0.05, 0) is 12.5 Å². The standard InChI is InChI=1S/C9H11NO2.H2/c1-7-2-4-8(5-3-7)6-10-9(11)12;/h2-5,10H,6H2,1H3,(H,11,12);1H. The normalized spacial score (nSPS) is 9.42. The number of aryl methyl sites for hydroxylation is 1. The summed E-state index contributed by atoms with van der Waals surface area (Å²) in [6, 6.07) is 7.73. The van der Waals surface area contributed by atoms with Crippen LogP contribution in [0, 0.1) is 6.92 Å². The first-order valence-electron chi connectivity index (χ1n) is 3.71. The van der Waals surface area contributed by atoms with Crippen molar-refractivity contribution in [1.82, 2.24) is 5.32 Å². The lowest BCUT2D eigenvalue weighted by molar-refractivity contribution is 0.194. The Hall–Kier alpha value is -1.51. The summed E-state index contributed by atoms with van der Waals surface area (Å²) in [5, 5.41) is 10.6. The molecule has 3 heteroatoms. The van der Waals surface area contributed by atoms with E-state index in [1.54, 1.807) is 0 Å². The fourth-order valence-electron chi connectivity index (χ4n) is 0.884. The van der Waals surface area contributed by atoms with E-state index in [1.165, 1.54) is 5.56 Å². The summed E-state index contributed by atoms with van der Waals surface area (Å²) in [5.74, 6) is 0. The van der Waals surface area contributed by atoms with Gasteiger partial charge in [0.2, 0.25) is 0 Å². The Balaban J connectivity index is 0.00000144. The van der Waals surface area contributed by atoms with E-state index in [1.807, 2.05) is 31.2 Å². The summed E-state index contributed by atoms with van der Waals surface area (Å²) < 4.78 is 0. The van der Waals surface area contributed by atoms with Gasteiger partial charge in [-0.2, -0.15) is 0 Å². The number of hydrogen-bond acceptors (Lipinski definition) is 1. The van der Waals surface area contributed by atoms with E-state index in [4.69, 9.17) is 5.11 Å². The van der Waals surface area contributed by atoms with Gasteiger partial charge in [-0.3, -0.25) is 0 Å². The molecular weight excluding hydrogens is 154 g/mol. The summed E-state index contributed by atoms with van der Waals surface area (Å²) >= 11 is 0. The van der Waals surface area contributed by atoms with E-state index in [0.717, 1.165) is 5.56 Å². The molecule has 0 heterocycles. The second-order valence-electron chi connectivity index (χ2n) is 2.64. The lowest BCUT2D eigenvalue weighted by Gasteiger charge is -2.00. The predicted octanol–water partition coefficient (Wildman–Crippen LogP) is 2.01. The molecule has 2 N–H and O–H groups in total. The minimum Gasteiger partial charge on any atom is -0.465 e. The maximum absolute atomic E-state index is 10.1. The van der Waals surface area contributed by atoms with E-state index in [-0.39, 0.29) is 1.43 Å². The third-order valence-corrected chi connectivity index (χ3v) is 1.56. The quantitative estimate of drug-likeness (QED) is 0.707. The Kier molecular flexibility index (Phi) is 2.69. The molecule has 0 aromatic heterocycles. The van der Waals surface area contributed by atoms with Crippen LogP contribution in [0.25, 0.3) is 0 Å². The highest BCUT2D eigenvalue weighted by Gasteiger charge is 1.94. The van der Waals surface area contributed by atoms with Crippen molar-refractivity contribution in [3.05, 3.63) is 35.4 Å². The minimum absolute atomic E-state index is 0. The van der Waals surface area contributed by atoms with Gasteiger partial charge in [0, 0.05) is 7.97 Å². The van der Waals surface area contributed by atoms with Crippen molar-refractivity contribution in [1.29, 1.82) is 0 Å². The van der Waals surface area contributed by atoms with Gasteiger partial charge in [0.1, 0.15) is 0 Å². The predicted molar refractivity (Wildman–Crippen MR) is 48.2 cm³/mol. The Bertz CT molecular complexity index is 271. The molecule has 1 aromatic rings. The Morgan fingerprint density at radius 3 is 2.58 bits per heavy atom. The van der Waals surface area contributed by atoms with Crippen molar-refractivity contribution in [2.24, 2.45) is 0 Å². The first-order valence-corrected chi connectivity index (χ1v) is 3.71. The molecule has 0 saturated carbocycles. The molecule has 0 spiro atoms. The van der Waals surface area contributed by atoms with Crippen molar-refractivity contribution >= 4 is 6.09 Å². The van der Waals surface area contributed by atoms with Crippen LogP contribution in [0.15, 0.2) is 24.3 Å². The molecule has 0 aliphatic rings. The van der Waals surface area contributed by atoms with Crippen molar-refractivity contribution in [3.8, 4) is 0 Å². The molecule has 0 bridgehead atoms. The van der Waals surface area contributed by atoms with Gasteiger partial charge in [-0.1, -0.05) is 29.8 Å². The third-order valence-electron chi connectivity index (χ3n) is 1.56. The van der Waals surface area contributed by atoms with Crippen LogP contribution in [-0.4, -0.2) is 11.2 Å². The highest BCUT2D eigenvalue weighted by atomic mass is 16.4. The molecule has 3 nitrogen and oxygen atoms in total. The van der Waals surface area contributed by atoms with E-state index in [9.17, 15) is 4.79 Å². The SMILES string of the molecule is Cc1ccc(CNC(=O)O)cc1.[HH]. The first-order chi connectivity index (χ1) is 5.68. The molecule has 1 rings (SSSR count). The van der Waals surface area contributed by atoms with Crippen LogP contribution in [-0.2, 0) is 6.54 Å². The monoisotopic (exact) mass is 167 g/mol. The number of rotatable bonds is 2. The van der Waals surface area contributed by atoms with Crippen LogP contribution in [0.5, 0.6) is 0 Å². The third kappa shape index (κ3) is 2.62. The highest BCUT2D eigenvalue weighted by molar-refractivity contribution is 5.64. The van der Waals surface area contributed by atoms with E-state index < -0.39 is 6.09 Å². The second kappa shape index (κ2) is 3.76. The molecule has 1 amide bonds. The fourth-order valence-corrected chi connectivity index (χ4v) is 0.884. The van der Waals surface area contributed by atoms with Crippen molar-refractivity contribution in [2.45, 2.75) is 13.5 Å². The summed E-state index contributed by atoms with van der Waals surface area (Å²) in [5.41, 5.74) is 2.15. The molecule has 1 aromatic carbocycles. The molecule has 0 fully saturated rings.